The summed E-state index contributed by atoms with van der Waals surface area (Å²) >= 11 is 0. The Bertz CT molecular complexity index is 880. The van der Waals surface area contributed by atoms with E-state index in [0.29, 0.717) is 16.7 Å². The van der Waals surface area contributed by atoms with Crippen LogP contribution in [-0.4, -0.2) is 25.7 Å². The third-order valence-electron chi connectivity index (χ3n) is 3.68. The first kappa shape index (κ1) is 15.3. The molecule has 0 aliphatic carbocycles. The predicted octanol–water partition coefficient (Wildman–Crippen LogP) is 2.66. The molecule has 0 fully saturated rings. The summed E-state index contributed by atoms with van der Waals surface area (Å²) < 4.78 is 27.9. The zero-order valence-corrected chi connectivity index (χ0v) is 13.1. The maximum Gasteiger partial charge on any atom is 0.326 e. The minimum Gasteiger partial charge on any atom is -0.480 e. The van der Waals surface area contributed by atoms with Crippen molar-refractivity contribution in [3.63, 3.8) is 0 Å². The molecule has 2 aromatic carbocycles. The predicted molar refractivity (Wildman–Crippen MR) is 84.4 cm³/mol. The molecule has 23 heavy (non-hydrogen) atoms. The summed E-state index contributed by atoms with van der Waals surface area (Å²) in [5.41, 5.74) is 1.57. The highest BCUT2D eigenvalue weighted by Gasteiger charge is 2.38. The van der Waals surface area contributed by atoms with E-state index in [0.717, 1.165) is 6.26 Å². The van der Waals surface area contributed by atoms with Gasteiger partial charge in [0.05, 0.1) is 10.5 Å². The minimum atomic E-state index is -3.31. The maximum atomic E-state index is 12.1. The van der Waals surface area contributed by atoms with E-state index in [1.54, 1.807) is 36.4 Å². The van der Waals surface area contributed by atoms with E-state index in [1.807, 2.05) is 6.07 Å². The lowest BCUT2D eigenvalue weighted by molar-refractivity contribution is -0.140. The van der Waals surface area contributed by atoms with Crippen molar-refractivity contribution < 1.29 is 23.1 Å². The van der Waals surface area contributed by atoms with Crippen molar-refractivity contribution in [1.29, 1.82) is 0 Å². The molecular formula is C17H14O5S. The van der Waals surface area contributed by atoms with Crippen LogP contribution in [0.2, 0.25) is 0 Å². The van der Waals surface area contributed by atoms with Gasteiger partial charge < -0.3 is 9.84 Å². The lowest BCUT2D eigenvalue weighted by Gasteiger charge is -2.11. The van der Waals surface area contributed by atoms with Gasteiger partial charge in [-0.15, -0.1) is 0 Å². The molecule has 5 nitrogen and oxygen atoms in total. The molecule has 6 heteroatoms. The minimum absolute atomic E-state index is 0.169. The fourth-order valence-corrected chi connectivity index (χ4v) is 3.20. The van der Waals surface area contributed by atoms with E-state index >= 15 is 0 Å². The molecule has 1 aliphatic heterocycles. The summed E-state index contributed by atoms with van der Waals surface area (Å²) in [7, 11) is -3.31. The molecule has 0 amide bonds. The maximum absolute atomic E-state index is 12.1. The topological polar surface area (TPSA) is 80.7 Å². The van der Waals surface area contributed by atoms with Crippen molar-refractivity contribution in [2.75, 3.05) is 6.26 Å². The van der Waals surface area contributed by atoms with Gasteiger partial charge in [-0.05, 0) is 23.3 Å². The van der Waals surface area contributed by atoms with Crippen molar-refractivity contribution in [3.8, 4) is 0 Å². The Morgan fingerprint density at radius 2 is 1.61 bits per heavy atom. The molecule has 1 heterocycles. The largest absolute Gasteiger partial charge is 0.480 e. The average Bonchev–Trinajstić information content (AvgIpc) is 2.82. The van der Waals surface area contributed by atoms with Gasteiger partial charge in [0.25, 0.3) is 5.95 Å². The normalized spacial score (nSPS) is 18.1. The first-order valence-corrected chi connectivity index (χ1v) is 8.77. The second-order valence-electron chi connectivity index (χ2n) is 5.28. The first-order valence-electron chi connectivity index (χ1n) is 6.88. The van der Waals surface area contributed by atoms with Crippen molar-refractivity contribution in [3.05, 3.63) is 71.7 Å². The van der Waals surface area contributed by atoms with Crippen LogP contribution in [0.5, 0.6) is 0 Å². The first-order chi connectivity index (χ1) is 10.9. The fraction of sp³-hybridized carbons (Fsp3) is 0.118. The molecule has 1 unspecified atom stereocenters. The number of hydrogen-bond acceptors (Lipinski definition) is 5. The van der Waals surface area contributed by atoms with Crippen LogP contribution in [0.4, 0.5) is 0 Å². The van der Waals surface area contributed by atoms with Crippen LogP contribution in [0, 0.1) is 0 Å². The molecule has 0 saturated carbocycles. The summed E-state index contributed by atoms with van der Waals surface area (Å²) in [6.45, 7) is 0. The molecule has 0 radical (unpaired) electrons. The van der Waals surface area contributed by atoms with E-state index in [4.69, 9.17) is 4.74 Å². The number of carbonyl (C=O) groups is 1. The number of esters is 1. The summed E-state index contributed by atoms with van der Waals surface area (Å²) in [6, 6.07) is 15.0. The third-order valence-corrected chi connectivity index (χ3v) is 4.81. The molecule has 0 aromatic heterocycles. The van der Waals surface area contributed by atoms with Crippen molar-refractivity contribution in [2.24, 2.45) is 0 Å². The molecule has 0 saturated heterocycles. The van der Waals surface area contributed by atoms with Gasteiger partial charge in [0.1, 0.15) is 5.92 Å². The van der Waals surface area contributed by atoms with Crippen LogP contribution in [0.1, 0.15) is 17.0 Å². The lowest BCUT2D eigenvalue weighted by Crippen LogP contribution is -2.09. The monoisotopic (exact) mass is 330 g/mol. The Labute approximate surface area is 133 Å². The van der Waals surface area contributed by atoms with Gasteiger partial charge in [0, 0.05) is 6.26 Å². The molecule has 1 atom stereocenters. The zero-order chi connectivity index (χ0) is 16.6. The van der Waals surface area contributed by atoms with Gasteiger partial charge in [-0.3, -0.25) is 4.79 Å². The average molecular weight is 330 g/mol. The van der Waals surface area contributed by atoms with Crippen molar-refractivity contribution >= 4 is 21.4 Å². The fourth-order valence-electron chi connectivity index (χ4n) is 2.57. The van der Waals surface area contributed by atoms with Gasteiger partial charge in [-0.1, -0.05) is 42.5 Å². The van der Waals surface area contributed by atoms with Gasteiger partial charge in [-0.25, -0.2) is 8.42 Å². The van der Waals surface area contributed by atoms with E-state index in [9.17, 15) is 18.3 Å². The summed E-state index contributed by atoms with van der Waals surface area (Å²) in [5, 5.41) is 9.99. The van der Waals surface area contributed by atoms with Crippen LogP contribution in [0.15, 0.2) is 65.4 Å². The van der Waals surface area contributed by atoms with E-state index in [-0.39, 0.29) is 4.90 Å². The highest BCUT2D eigenvalue weighted by atomic mass is 32.2. The van der Waals surface area contributed by atoms with Crippen molar-refractivity contribution in [2.45, 2.75) is 10.8 Å². The number of aliphatic hydroxyl groups excluding tert-OH is 1. The summed E-state index contributed by atoms with van der Waals surface area (Å²) in [5.74, 6) is -1.74. The number of benzene rings is 2. The lowest BCUT2D eigenvalue weighted by atomic mass is 9.88. The molecule has 2 aromatic rings. The van der Waals surface area contributed by atoms with E-state index in [1.165, 1.54) is 12.1 Å². The molecule has 1 N–H and O–H groups in total. The Hall–Kier alpha value is -2.60. The van der Waals surface area contributed by atoms with E-state index < -0.39 is 27.7 Å². The second-order valence-corrected chi connectivity index (χ2v) is 7.30. The zero-order valence-electron chi connectivity index (χ0n) is 12.3. The van der Waals surface area contributed by atoms with Gasteiger partial charge in [0.2, 0.25) is 0 Å². The molecule has 3 rings (SSSR count). The number of aliphatic hydroxyl groups is 1. The number of hydrogen-bond donors (Lipinski definition) is 1. The number of carbonyl (C=O) groups excluding carboxylic acids is 1. The third kappa shape index (κ3) is 2.85. The van der Waals surface area contributed by atoms with Crippen LogP contribution < -0.4 is 0 Å². The van der Waals surface area contributed by atoms with Crippen LogP contribution in [-0.2, 0) is 19.4 Å². The quantitative estimate of drug-likeness (QED) is 0.875. The molecule has 0 bridgehead atoms. The Balaban J connectivity index is 2.06. The van der Waals surface area contributed by atoms with Crippen molar-refractivity contribution in [1.82, 2.24) is 0 Å². The smallest absolute Gasteiger partial charge is 0.326 e. The second kappa shape index (κ2) is 5.55. The van der Waals surface area contributed by atoms with Gasteiger partial charge in [-0.2, -0.15) is 0 Å². The van der Waals surface area contributed by atoms with Gasteiger partial charge in [0.15, 0.2) is 9.84 Å². The van der Waals surface area contributed by atoms with Crippen LogP contribution in [0.3, 0.4) is 0 Å². The highest BCUT2D eigenvalue weighted by Crippen LogP contribution is 2.40. The highest BCUT2D eigenvalue weighted by molar-refractivity contribution is 7.90. The van der Waals surface area contributed by atoms with Crippen LogP contribution in [0.25, 0.3) is 5.57 Å². The molecular weight excluding hydrogens is 316 g/mol. The Morgan fingerprint density at radius 3 is 2.17 bits per heavy atom. The van der Waals surface area contributed by atoms with Crippen LogP contribution >= 0.6 is 0 Å². The molecule has 1 aliphatic rings. The number of rotatable bonds is 3. The van der Waals surface area contributed by atoms with E-state index in [2.05, 4.69) is 0 Å². The summed E-state index contributed by atoms with van der Waals surface area (Å²) in [6.07, 6.45) is 1.12. The standard InChI is InChI=1S/C17H14O5S/c1-23(20,21)13-9-7-12(8-10-13)15-14(16(18)22-17(15)19)11-5-3-2-4-6-11/h2-10,14,19H,1H3. The summed E-state index contributed by atoms with van der Waals surface area (Å²) in [4.78, 5) is 12.2. The Kier molecular flexibility index (Phi) is 3.69. The SMILES string of the molecule is CS(=O)(=O)c1ccc(C2=C(O)OC(=O)C2c2ccccc2)cc1. The Morgan fingerprint density at radius 1 is 1.00 bits per heavy atom. The molecule has 118 valence electrons. The number of ether oxygens (including phenoxy) is 1. The number of cyclic esters (lactones) is 1. The number of sulfone groups is 1. The van der Waals surface area contributed by atoms with Gasteiger partial charge >= 0.3 is 5.97 Å². The molecule has 0 spiro atoms.